The van der Waals surface area contributed by atoms with Crippen LogP contribution < -0.4 is 5.32 Å². The Labute approximate surface area is 86.2 Å². The van der Waals surface area contributed by atoms with Crippen LogP contribution in [0, 0.1) is 5.92 Å². The maximum absolute atomic E-state index is 11.1. The van der Waals surface area contributed by atoms with Gasteiger partial charge in [0.2, 0.25) is 0 Å². The van der Waals surface area contributed by atoms with E-state index < -0.39 is 0 Å². The Morgan fingerprint density at radius 1 is 1.43 bits per heavy atom. The highest BCUT2D eigenvalue weighted by atomic mass is 16.5. The van der Waals surface area contributed by atoms with Crippen molar-refractivity contribution in [2.45, 2.75) is 39.0 Å². The van der Waals surface area contributed by atoms with E-state index in [0.717, 1.165) is 25.4 Å². The molecule has 0 aromatic rings. The molecular formula is C11H21NO2. The van der Waals surface area contributed by atoms with Gasteiger partial charge in [-0.3, -0.25) is 4.79 Å². The van der Waals surface area contributed by atoms with E-state index in [1.165, 1.54) is 19.3 Å². The van der Waals surface area contributed by atoms with Crippen molar-refractivity contribution in [2.24, 2.45) is 5.92 Å². The van der Waals surface area contributed by atoms with E-state index in [1.807, 2.05) is 6.92 Å². The highest BCUT2D eigenvalue weighted by Crippen LogP contribution is 2.19. The van der Waals surface area contributed by atoms with Gasteiger partial charge in [-0.15, -0.1) is 0 Å². The first kappa shape index (κ1) is 11.5. The number of ether oxygens (including phenoxy) is 1. The smallest absolute Gasteiger partial charge is 0.305 e. The van der Waals surface area contributed by atoms with E-state index in [0.29, 0.717) is 13.0 Å². The minimum atomic E-state index is -0.0373. The minimum Gasteiger partial charge on any atom is -0.466 e. The molecule has 1 atom stereocenters. The molecule has 3 heteroatoms. The summed E-state index contributed by atoms with van der Waals surface area (Å²) in [4.78, 5) is 11.1. The van der Waals surface area contributed by atoms with Crippen molar-refractivity contribution in [1.82, 2.24) is 5.32 Å². The van der Waals surface area contributed by atoms with Crippen molar-refractivity contribution in [1.29, 1.82) is 0 Å². The zero-order valence-corrected chi connectivity index (χ0v) is 9.05. The van der Waals surface area contributed by atoms with Crippen molar-refractivity contribution >= 4 is 5.97 Å². The molecule has 1 rings (SSSR count). The quantitative estimate of drug-likeness (QED) is 0.701. The number of hydrogen-bond donors (Lipinski definition) is 1. The maximum Gasteiger partial charge on any atom is 0.305 e. The van der Waals surface area contributed by atoms with Gasteiger partial charge in [0.1, 0.15) is 0 Å². The molecule has 1 aliphatic rings. The summed E-state index contributed by atoms with van der Waals surface area (Å²) in [5.74, 6) is 0.680. The van der Waals surface area contributed by atoms with Crippen LogP contribution in [0.4, 0.5) is 0 Å². The Hall–Kier alpha value is -0.570. The normalized spacial score (nSPS) is 22.8. The molecule has 0 aromatic carbocycles. The number of nitrogens with one attached hydrogen (secondary N) is 1. The molecule has 0 aliphatic carbocycles. The van der Waals surface area contributed by atoms with Crippen molar-refractivity contribution in [2.75, 3.05) is 19.7 Å². The summed E-state index contributed by atoms with van der Waals surface area (Å²) in [5.41, 5.74) is 0. The highest BCUT2D eigenvalue weighted by Gasteiger charge is 2.13. The second-order valence-electron chi connectivity index (χ2n) is 3.89. The van der Waals surface area contributed by atoms with Crippen LogP contribution in [-0.2, 0) is 9.53 Å². The van der Waals surface area contributed by atoms with E-state index >= 15 is 0 Å². The topological polar surface area (TPSA) is 38.3 Å². The Morgan fingerprint density at radius 3 is 3.07 bits per heavy atom. The van der Waals surface area contributed by atoms with Gasteiger partial charge < -0.3 is 10.1 Å². The van der Waals surface area contributed by atoms with Crippen molar-refractivity contribution in [3.05, 3.63) is 0 Å². The van der Waals surface area contributed by atoms with Crippen LogP contribution in [0.1, 0.15) is 39.0 Å². The van der Waals surface area contributed by atoms with E-state index in [9.17, 15) is 4.79 Å². The Kier molecular flexibility index (Phi) is 5.60. The van der Waals surface area contributed by atoms with Gasteiger partial charge in [0, 0.05) is 6.42 Å². The van der Waals surface area contributed by atoms with E-state index in [2.05, 4.69) is 5.32 Å². The lowest BCUT2D eigenvalue weighted by Crippen LogP contribution is -2.14. The average Bonchev–Trinajstić information content (AvgIpc) is 2.43. The molecule has 82 valence electrons. The molecule has 0 aromatic heterocycles. The number of carbonyl (C=O) groups is 1. The number of esters is 1. The molecule has 1 N–H and O–H groups in total. The third-order valence-electron chi connectivity index (χ3n) is 2.76. The highest BCUT2D eigenvalue weighted by molar-refractivity contribution is 5.69. The first-order valence-corrected chi connectivity index (χ1v) is 5.69. The zero-order valence-electron chi connectivity index (χ0n) is 9.05. The molecule has 0 bridgehead atoms. The lowest BCUT2D eigenvalue weighted by molar-refractivity contribution is -0.143. The lowest BCUT2D eigenvalue weighted by atomic mass is 9.95. The molecule has 1 aliphatic heterocycles. The van der Waals surface area contributed by atoms with Crippen LogP contribution >= 0.6 is 0 Å². The SMILES string of the molecule is CCOC(=O)CCC1CCCNCC1. The maximum atomic E-state index is 11.1. The van der Waals surface area contributed by atoms with E-state index in [-0.39, 0.29) is 5.97 Å². The van der Waals surface area contributed by atoms with Gasteiger partial charge in [-0.1, -0.05) is 0 Å². The average molecular weight is 199 g/mol. The van der Waals surface area contributed by atoms with Gasteiger partial charge in [0.05, 0.1) is 6.61 Å². The van der Waals surface area contributed by atoms with Crippen molar-refractivity contribution < 1.29 is 9.53 Å². The van der Waals surface area contributed by atoms with Crippen LogP contribution in [0.25, 0.3) is 0 Å². The molecule has 1 heterocycles. The van der Waals surface area contributed by atoms with Crippen LogP contribution in [0.2, 0.25) is 0 Å². The Bertz CT molecular complexity index is 163. The van der Waals surface area contributed by atoms with Crippen LogP contribution in [0.15, 0.2) is 0 Å². The zero-order chi connectivity index (χ0) is 10.2. The lowest BCUT2D eigenvalue weighted by Gasteiger charge is -2.12. The summed E-state index contributed by atoms with van der Waals surface area (Å²) < 4.78 is 4.91. The Morgan fingerprint density at radius 2 is 2.29 bits per heavy atom. The number of hydrogen-bond acceptors (Lipinski definition) is 3. The largest absolute Gasteiger partial charge is 0.466 e. The summed E-state index contributed by atoms with van der Waals surface area (Å²) in [6.45, 7) is 4.60. The third kappa shape index (κ3) is 4.61. The van der Waals surface area contributed by atoms with Gasteiger partial charge in [-0.05, 0) is 51.6 Å². The van der Waals surface area contributed by atoms with Gasteiger partial charge in [-0.25, -0.2) is 0 Å². The molecule has 0 spiro atoms. The van der Waals surface area contributed by atoms with Crippen molar-refractivity contribution in [3.8, 4) is 0 Å². The van der Waals surface area contributed by atoms with Gasteiger partial charge >= 0.3 is 5.97 Å². The molecule has 0 radical (unpaired) electrons. The number of rotatable bonds is 4. The molecule has 14 heavy (non-hydrogen) atoms. The summed E-state index contributed by atoms with van der Waals surface area (Å²) in [6.07, 6.45) is 5.30. The molecule has 1 saturated heterocycles. The Balaban J connectivity index is 2.12. The van der Waals surface area contributed by atoms with Crippen LogP contribution in [0.3, 0.4) is 0 Å². The first-order chi connectivity index (χ1) is 6.83. The predicted molar refractivity (Wildman–Crippen MR) is 56.1 cm³/mol. The van der Waals surface area contributed by atoms with Crippen LogP contribution in [0.5, 0.6) is 0 Å². The molecule has 1 unspecified atom stereocenters. The van der Waals surface area contributed by atoms with E-state index in [4.69, 9.17) is 4.74 Å². The predicted octanol–water partition coefficient (Wildman–Crippen LogP) is 1.72. The summed E-state index contributed by atoms with van der Waals surface area (Å²) >= 11 is 0. The monoisotopic (exact) mass is 199 g/mol. The fraction of sp³-hybridized carbons (Fsp3) is 0.909. The van der Waals surface area contributed by atoms with Gasteiger partial charge in [0.15, 0.2) is 0 Å². The minimum absolute atomic E-state index is 0.0373. The fourth-order valence-corrected chi connectivity index (χ4v) is 1.94. The second-order valence-corrected chi connectivity index (χ2v) is 3.89. The standard InChI is InChI=1S/C11H21NO2/c1-2-14-11(13)6-5-10-4-3-8-12-9-7-10/h10,12H,2-9H2,1H3. The molecule has 3 nitrogen and oxygen atoms in total. The van der Waals surface area contributed by atoms with Crippen LogP contribution in [-0.4, -0.2) is 25.7 Å². The summed E-state index contributed by atoms with van der Waals surface area (Å²) in [7, 11) is 0. The van der Waals surface area contributed by atoms with Gasteiger partial charge in [0.25, 0.3) is 0 Å². The molecule has 0 amide bonds. The fourth-order valence-electron chi connectivity index (χ4n) is 1.94. The molecule has 0 saturated carbocycles. The van der Waals surface area contributed by atoms with E-state index in [1.54, 1.807) is 0 Å². The summed E-state index contributed by atoms with van der Waals surface area (Å²) in [5, 5.41) is 3.37. The van der Waals surface area contributed by atoms with Gasteiger partial charge in [-0.2, -0.15) is 0 Å². The molecule has 1 fully saturated rings. The molecular weight excluding hydrogens is 178 g/mol. The van der Waals surface area contributed by atoms with Crippen molar-refractivity contribution in [3.63, 3.8) is 0 Å². The second kappa shape index (κ2) is 6.82. The third-order valence-corrected chi connectivity index (χ3v) is 2.76. The number of carbonyl (C=O) groups excluding carboxylic acids is 1. The first-order valence-electron chi connectivity index (χ1n) is 5.69. The summed E-state index contributed by atoms with van der Waals surface area (Å²) in [6, 6.07) is 0.